The molecule has 0 unspecified atom stereocenters. The van der Waals surface area contributed by atoms with Gasteiger partial charge in [0.2, 0.25) is 0 Å². The van der Waals surface area contributed by atoms with Gasteiger partial charge in [0.05, 0.1) is 16.5 Å². The number of hydrogen-bond acceptors (Lipinski definition) is 3. The number of sulfone groups is 1. The first kappa shape index (κ1) is 16.2. The molecule has 0 fully saturated rings. The van der Waals surface area contributed by atoms with Crippen molar-refractivity contribution in [2.24, 2.45) is 0 Å². The van der Waals surface area contributed by atoms with E-state index >= 15 is 0 Å². The minimum absolute atomic E-state index is 0.0601. The van der Waals surface area contributed by atoms with Gasteiger partial charge in [-0.05, 0) is 24.6 Å². The Morgan fingerprint density at radius 1 is 0.957 bits per heavy atom. The number of nitrogens with zero attached hydrogens (tertiary/aromatic N) is 1. The average Bonchev–Trinajstić information content (AvgIpc) is 2.53. The SMILES string of the molecule is Cc1nc(S(=O)(=O)Cc2ccc(Cl)cc2)c2ccccc2c1Cl. The van der Waals surface area contributed by atoms with Crippen molar-refractivity contribution in [3.05, 3.63) is 69.8 Å². The van der Waals surface area contributed by atoms with Crippen LogP contribution in [0.3, 0.4) is 0 Å². The fourth-order valence-electron chi connectivity index (χ4n) is 2.42. The standard InChI is InChI=1S/C17H13Cl2NO2S/c1-11-16(19)14-4-2-3-5-15(14)17(20-11)23(21,22)10-12-6-8-13(18)9-7-12/h2-9H,10H2,1H3. The Morgan fingerprint density at radius 3 is 2.22 bits per heavy atom. The molecule has 0 spiro atoms. The van der Waals surface area contributed by atoms with Crippen molar-refractivity contribution < 1.29 is 8.42 Å². The highest BCUT2D eigenvalue weighted by molar-refractivity contribution is 7.90. The summed E-state index contributed by atoms with van der Waals surface area (Å²) >= 11 is 12.1. The van der Waals surface area contributed by atoms with Gasteiger partial charge < -0.3 is 0 Å². The highest BCUT2D eigenvalue weighted by Crippen LogP contribution is 2.31. The summed E-state index contributed by atoms with van der Waals surface area (Å²) in [6.45, 7) is 1.70. The molecular formula is C17H13Cl2NO2S. The fraction of sp³-hybridized carbons (Fsp3) is 0.118. The third-order valence-electron chi connectivity index (χ3n) is 3.55. The van der Waals surface area contributed by atoms with Gasteiger partial charge >= 0.3 is 0 Å². The van der Waals surface area contributed by atoms with Gasteiger partial charge in [0.1, 0.15) is 0 Å². The Morgan fingerprint density at radius 2 is 1.57 bits per heavy atom. The Balaban J connectivity index is 2.15. The summed E-state index contributed by atoms with van der Waals surface area (Å²) in [5.74, 6) is -0.137. The predicted octanol–water partition coefficient (Wildman–Crippen LogP) is 4.82. The first-order valence-electron chi connectivity index (χ1n) is 6.90. The molecule has 1 aromatic heterocycles. The van der Waals surface area contributed by atoms with Gasteiger partial charge in [-0.2, -0.15) is 0 Å². The number of fused-ring (bicyclic) bond motifs is 1. The zero-order valence-corrected chi connectivity index (χ0v) is 14.6. The normalized spacial score (nSPS) is 11.8. The first-order valence-corrected chi connectivity index (χ1v) is 9.31. The number of aryl methyl sites for hydroxylation is 1. The Labute approximate surface area is 144 Å². The van der Waals surface area contributed by atoms with Gasteiger partial charge in [-0.25, -0.2) is 13.4 Å². The summed E-state index contributed by atoms with van der Waals surface area (Å²) in [7, 11) is -3.60. The van der Waals surface area contributed by atoms with Gasteiger partial charge in [0.15, 0.2) is 14.9 Å². The van der Waals surface area contributed by atoms with Crippen molar-refractivity contribution in [2.45, 2.75) is 17.7 Å². The lowest BCUT2D eigenvalue weighted by Gasteiger charge is -2.11. The summed E-state index contributed by atoms with van der Waals surface area (Å²) in [6.07, 6.45) is 0. The van der Waals surface area contributed by atoms with Crippen LogP contribution in [0.5, 0.6) is 0 Å². The zero-order chi connectivity index (χ0) is 16.6. The minimum Gasteiger partial charge on any atom is -0.239 e. The molecule has 2 aromatic carbocycles. The molecule has 0 aliphatic rings. The third-order valence-corrected chi connectivity index (χ3v) is 5.89. The van der Waals surface area contributed by atoms with E-state index in [9.17, 15) is 8.42 Å². The highest BCUT2D eigenvalue weighted by atomic mass is 35.5. The second-order valence-corrected chi connectivity index (χ2v) is 7.97. The molecule has 118 valence electrons. The Bertz CT molecular complexity index is 983. The lowest BCUT2D eigenvalue weighted by Crippen LogP contribution is -2.09. The molecule has 0 N–H and O–H groups in total. The molecule has 3 aromatic rings. The van der Waals surface area contributed by atoms with E-state index in [2.05, 4.69) is 4.98 Å². The van der Waals surface area contributed by atoms with E-state index < -0.39 is 9.84 Å². The fourth-order valence-corrected chi connectivity index (χ4v) is 4.31. The van der Waals surface area contributed by atoms with Gasteiger partial charge in [-0.15, -0.1) is 0 Å². The van der Waals surface area contributed by atoms with E-state index in [4.69, 9.17) is 23.2 Å². The monoisotopic (exact) mass is 365 g/mol. The van der Waals surface area contributed by atoms with Crippen molar-refractivity contribution in [1.82, 2.24) is 4.98 Å². The summed E-state index contributed by atoms with van der Waals surface area (Å²) in [5, 5.41) is 2.33. The van der Waals surface area contributed by atoms with Crippen molar-refractivity contribution in [2.75, 3.05) is 0 Å². The van der Waals surface area contributed by atoms with E-state index in [-0.39, 0.29) is 10.8 Å². The average molecular weight is 366 g/mol. The van der Waals surface area contributed by atoms with Gasteiger partial charge in [-0.1, -0.05) is 59.6 Å². The highest BCUT2D eigenvalue weighted by Gasteiger charge is 2.22. The lowest BCUT2D eigenvalue weighted by atomic mass is 10.1. The molecule has 0 bridgehead atoms. The Kier molecular flexibility index (Phi) is 4.32. The zero-order valence-electron chi connectivity index (χ0n) is 12.3. The number of hydrogen-bond donors (Lipinski definition) is 0. The number of halogens is 2. The summed E-state index contributed by atoms with van der Waals surface area (Å²) < 4.78 is 25.7. The van der Waals surface area contributed by atoms with Crippen LogP contribution in [0.25, 0.3) is 10.8 Å². The van der Waals surface area contributed by atoms with E-state index in [1.54, 1.807) is 49.4 Å². The summed E-state index contributed by atoms with van der Waals surface area (Å²) in [5.41, 5.74) is 1.16. The topological polar surface area (TPSA) is 47.0 Å². The third kappa shape index (κ3) is 3.20. The second kappa shape index (κ2) is 6.11. The quantitative estimate of drug-likeness (QED) is 0.667. The van der Waals surface area contributed by atoms with Crippen molar-refractivity contribution in [3.8, 4) is 0 Å². The maximum Gasteiger partial charge on any atom is 0.200 e. The molecule has 0 aliphatic heterocycles. The second-order valence-electron chi connectivity index (χ2n) is 5.25. The summed E-state index contributed by atoms with van der Waals surface area (Å²) in [4.78, 5) is 4.24. The maximum absolute atomic E-state index is 12.8. The molecule has 0 saturated carbocycles. The molecule has 3 nitrogen and oxygen atoms in total. The minimum atomic E-state index is -3.60. The largest absolute Gasteiger partial charge is 0.239 e. The van der Waals surface area contributed by atoms with E-state index in [1.165, 1.54) is 0 Å². The van der Waals surface area contributed by atoms with E-state index in [0.29, 0.717) is 32.1 Å². The molecule has 0 aliphatic carbocycles. The van der Waals surface area contributed by atoms with E-state index in [1.807, 2.05) is 6.07 Å². The number of aromatic nitrogens is 1. The van der Waals surface area contributed by atoms with Crippen molar-refractivity contribution >= 4 is 43.8 Å². The van der Waals surface area contributed by atoms with Crippen LogP contribution in [0.15, 0.2) is 53.6 Å². The van der Waals surface area contributed by atoms with Crippen LogP contribution in [0.1, 0.15) is 11.3 Å². The van der Waals surface area contributed by atoms with Crippen LogP contribution in [0.4, 0.5) is 0 Å². The molecule has 23 heavy (non-hydrogen) atoms. The number of rotatable bonds is 3. The van der Waals surface area contributed by atoms with Crippen LogP contribution in [-0.2, 0) is 15.6 Å². The van der Waals surface area contributed by atoms with Gasteiger partial charge in [0, 0.05) is 15.8 Å². The van der Waals surface area contributed by atoms with Crippen LogP contribution in [0, 0.1) is 6.92 Å². The molecular weight excluding hydrogens is 353 g/mol. The Hall–Kier alpha value is -1.62. The van der Waals surface area contributed by atoms with Gasteiger partial charge in [-0.3, -0.25) is 0 Å². The number of pyridine rings is 1. The van der Waals surface area contributed by atoms with Crippen molar-refractivity contribution in [3.63, 3.8) is 0 Å². The lowest BCUT2D eigenvalue weighted by molar-refractivity contribution is 0.592. The van der Waals surface area contributed by atoms with Crippen LogP contribution < -0.4 is 0 Å². The maximum atomic E-state index is 12.8. The van der Waals surface area contributed by atoms with Crippen molar-refractivity contribution in [1.29, 1.82) is 0 Å². The molecule has 0 amide bonds. The van der Waals surface area contributed by atoms with Crippen LogP contribution in [0.2, 0.25) is 10.0 Å². The smallest absolute Gasteiger partial charge is 0.200 e. The molecule has 0 saturated heterocycles. The van der Waals surface area contributed by atoms with Crippen LogP contribution in [-0.4, -0.2) is 13.4 Å². The number of benzene rings is 2. The molecule has 6 heteroatoms. The van der Waals surface area contributed by atoms with Gasteiger partial charge in [0.25, 0.3) is 0 Å². The van der Waals surface area contributed by atoms with E-state index in [0.717, 1.165) is 0 Å². The summed E-state index contributed by atoms with van der Waals surface area (Å²) in [6, 6.07) is 13.9. The predicted molar refractivity (Wildman–Crippen MR) is 93.8 cm³/mol. The van der Waals surface area contributed by atoms with Crippen LogP contribution >= 0.6 is 23.2 Å². The molecule has 3 rings (SSSR count). The molecule has 0 radical (unpaired) electrons. The molecule has 0 atom stereocenters. The first-order chi connectivity index (χ1) is 10.9. The molecule has 1 heterocycles.